The van der Waals surface area contributed by atoms with Crippen molar-refractivity contribution in [2.45, 2.75) is 32.8 Å². The van der Waals surface area contributed by atoms with Gasteiger partial charge in [-0.2, -0.15) is 9.97 Å². The molecule has 0 spiro atoms. The van der Waals surface area contributed by atoms with Gasteiger partial charge in [-0.05, 0) is 26.7 Å². The Balaban J connectivity index is 1.87. The van der Waals surface area contributed by atoms with E-state index in [-0.39, 0.29) is 0 Å². The second-order valence-electron chi connectivity index (χ2n) is 4.80. The van der Waals surface area contributed by atoms with Gasteiger partial charge in [0.25, 0.3) is 0 Å². The van der Waals surface area contributed by atoms with E-state index < -0.39 is 0 Å². The van der Waals surface area contributed by atoms with Crippen LogP contribution in [0.15, 0.2) is 6.33 Å². The van der Waals surface area contributed by atoms with Gasteiger partial charge in [0.1, 0.15) is 5.52 Å². The van der Waals surface area contributed by atoms with Gasteiger partial charge in [0.05, 0.1) is 12.4 Å². The number of unbranched alkanes of at least 4 members (excludes halogenated alkanes) is 1. The molecule has 2 rings (SSSR count). The Hall–Kier alpha value is -1.89. The third-order valence-corrected chi connectivity index (χ3v) is 2.82. The van der Waals surface area contributed by atoms with E-state index in [0.29, 0.717) is 17.7 Å². The highest BCUT2D eigenvalue weighted by Gasteiger charge is 2.08. The van der Waals surface area contributed by atoms with Crippen LogP contribution in [0, 0.1) is 0 Å². The molecule has 0 bridgehead atoms. The smallest absolute Gasteiger partial charge is 0.226 e. The molecule has 20 heavy (non-hydrogen) atoms. The van der Waals surface area contributed by atoms with Crippen LogP contribution in [0.5, 0.6) is 0 Å². The molecule has 0 fully saturated rings. The molecule has 0 saturated carbocycles. The van der Waals surface area contributed by atoms with E-state index in [9.17, 15) is 0 Å². The number of anilines is 2. The van der Waals surface area contributed by atoms with Crippen LogP contribution in [0.4, 0.5) is 11.8 Å². The van der Waals surface area contributed by atoms with Crippen molar-refractivity contribution < 1.29 is 4.74 Å². The fraction of sp³-hybridized carbons (Fsp3) is 0.615. The molecular formula is C13H22N6O. The lowest BCUT2D eigenvalue weighted by Gasteiger charge is -2.09. The maximum absolute atomic E-state index is 5.51. The van der Waals surface area contributed by atoms with E-state index in [0.717, 1.165) is 37.3 Å². The Bertz CT molecular complexity index is 539. The molecule has 0 aliphatic rings. The summed E-state index contributed by atoms with van der Waals surface area (Å²) in [6.07, 6.45) is 3.98. The topological polar surface area (TPSA) is 87.8 Å². The summed E-state index contributed by atoms with van der Waals surface area (Å²) >= 11 is 0. The van der Waals surface area contributed by atoms with Gasteiger partial charge in [0.2, 0.25) is 5.95 Å². The van der Waals surface area contributed by atoms with Gasteiger partial charge in [-0.3, -0.25) is 0 Å². The summed E-state index contributed by atoms with van der Waals surface area (Å²) in [6.45, 7) is 5.74. The minimum Gasteiger partial charge on any atom is -0.379 e. The number of nitrogens with zero attached hydrogens (tertiary/aromatic N) is 3. The van der Waals surface area contributed by atoms with Crippen LogP contribution >= 0.6 is 0 Å². The second-order valence-corrected chi connectivity index (χ2v) is 4.80. The van der Waals surface area contributed by atoms with Crippen LogP contribution in [0.3, 0.4) is 0 Å². The summed E-state index contributed by atoms with van der Waals surface area (Å²) in [5, 5.41) is 6.26. The molecule has 7 nitrogen and oxygen atoms in total. The first kappa shape index (κ1) is 14.5. The van der Waals surface area contributed by atoms with Gasteiger partial charge < -0.3 is 20.4 Å². The molecule has 2 aromatic heterocycles. The number of aromatic amines is 1. The summed E-state index contributed by atoms with van der Waals surface area (Å²) in [6, 6.07) is 0. The Morgan fingerprint density at radius 3 is 2.90 bits per heavy atom. The van der Waals surface area contributed by atoms with Crippen LogP contribution in [0.25, 0.3) is 11.2 Å². The molecule has 0 atom stereocenters. The molecule has 3 N–H and O–H groups in total. The number of ether oxygens (including phenoxy) is 1. The Labute approximate surface area is 118 Å². The normalized spacial score (nSPS) is 11.2. The lowest BCUT2D eigenvalue weighted by molar-refractivity contribution is 0.0765. The summed E-state index contributed by atoms with van der Waals surface area (Å²) < 4.78 is 5.51. The maximum Gasteiger partial charge on any atom is 0.226 e. The van der Waals surface area contributed by atoms with Crippen LogP contribution < -0.4 is 10.6 Å². The third kappa shape index (κ3) is 3.80. The zero-order chi connectivity index (χ0) is 14.4. The first-order valence-corrected chi connectivity index (χ1v) is 6.95. The van der Waals surface area contributed by atoms with E-state index >= 15 is 0 Å². The van der Waals surface area contributed by atoms with Crippen molar-refractivity contribution in [1.82, 2.24) is 19.9 Å². The molecule has 0 radical (unpaired) electrons. The lowest BCUT2D eigenvalue weighted by Crippen LogP contribution is -2.09. The quantitative estimate of drug-likeness (QED) is 0.640. The number of aromatic nitrogens is 4. The lowest BCUT2D eigenvalue weighted by atomic mass is 10.3. The SMILES string of the molecule is CNc1nc(NCCCCOC(C)C)c2[nH]cnc2n1. The van der Waals surface area contributed by atoms with Crippen LogP contribution in [0.1, 0.15) is 26.7 Å². The van der Waals surface area contributed by atoms with Crippen LogP contribution in [0.2, 0.25) is 0 Å². The van der Waals surface area contributed by atoms with Crippen molar-refractivity contribution in [3.8, 4) is 0 Å². The van der Waals surface area contributed by atoms with E-state index in [1.807, 2.05) is 13.8 Å². The van der Waals surface area contributed by atoms with E-state index in [1.165, 1.54) is 0 Å². The van der Waals surface area contributed by atoms with Gasteiger partial charge in [-0.1, -0.05) is 0 Å². The average Bonchev–Trinajstić information content (AvgIpc) is 2.90. The second kappa shape index (κ2) is 7.04. The Morgan fingerprint density at radius 1 is 1.30 bits per heavy atom. The fourth-order valence-corrected chi connectivity index (χ4v) is 1.83. The number of nitrogens with one attached hydrogen (secondary N) is 3. The standard InChI is InChI=1S/C13H22N6O/c1-9(2)20-7-5-4-6-15-11-10-12(17-8-16-10)19-13(14-3)18-11/h8-9H,4-7H2,1-3H3,(H3,14,15,16,17,18,19). The van der Waals surface area contributed by atoms with Crippen molar-refractivity contribution in [2.75, 3.05) is 30.8 Å². The summed E-state index contributed by atoms with van der Waals surface area (Å²) in [5.41, 5.74) is 1.50. The van der Waals surface area contributed by atoms with Gasteiger partial charge in [-0.25, -0.2) is 4.98 Å². The van der Waals surface area contributed by atoms with Crippen molar-refractivity contribution in [3.05, 3.63) is 6.33 Å². The zero-order valence-electron chi connectivity index (χ0n) is 12.2. The molecule has 0 saturated heterocycles. The van der Waals surface area contributed by atoms with E-state index in [1.54, 1.807) is 13.4 Å². The number of fused-ring (bicyclic) bond motifs is 1. The van der Waals surface area contributed by atoms with Crippen molar-refractivity contribution in [2.24, 2.45) is 0 Å². The summed E-state index contributed by atoms with van der Waals surface area (Å²) in [5.74, 6) is 1.34. The summed E-state index contributed by atoms with van der Waals surface area (Å²) in [4.78, 5) is 15.9. The highest BCUT2D eigenvalue weighted by atomic mass is 16.5. The number of H-pyrrole nitrogens is 1. The minimum atomic E-state index is 0.299. The number of imidazole rings is 1. The van der Waals surface area contributed by atoms with Crippen molar-refractivity contribution in [3.63, 3.8) is 0 Å². The number of hydrogen-bond donors (Lipinski definition) is 3. The molecule has 2 heterocycles. The predicted octanol–water partition coefficient (Wildman–Crippen LogP) is 2.01. The largest absolute Gasteiger partial charge is 0.379 e. The molecule has 0 aromatic carbocycles. The molecule has 0 unspecified atom stereocenters. The van der Waals surface area contributed by atoms with Gasteiger partial charge >= 0.3 is 0 Å². The van der Waals surface area contributed by atoms with Gasteiger partial charge in [-0.15, -0.1) is 0 Å². The molecule has 0 aliphatic carbocycles. The maximum atomic E-state index is 5.51. The number of hydrogen-bond acceptors (Lipinski definition) is 6. The van der Waals surface area contributed by atoms with E-state index in [4.69, 9.17) is 4.74 Å². The average molecular weight is 278 g/mol. The first-order chi connectivity index (χ1) is 9.70. The number of rotatable bonds is 8. The molecule has 0 amide bonds. The van der Waals surface area contributed by atoms with Crippen molar-refractivity contribution in [1.29, 1.82) is 0 Å². The molecule has 0 aliphatic heterocycles. The molecular weight excluding hydrogens is 256 g/mol. The Morgan fingerprint density at radius 2 is 2.15 bits per heavy atom. The van der Waals surface area contributed by atoms with Crippen molar-refractivity contribution >= 4 is 22.9 Å². The first-order valence-electron chi connectivity index (χ1n) is 6.95. The highest BCUT2D eigenvalue weighted by molar-refractivity contribution is 5.83. The predicted molar refractivity (Wildman–Crippen MR) is 80.0 cm³/mol. The molecule has 110 valence electrons. The third-order valence-electron chi connectivity index (χ3n) is 2.82. The Kier molecular flexibility index (Phi) is 5.11. The van der Waals surface area contributed by atoms with Crippen LogP contribution in [-0.2, 0) is 4.74 Å². The zero-order valence-corrected chi connectivity index (χ0v) is 12.2. The van der Waals surface area contributed by atoms with Gasteiger partial charge in [0, 0.05) is 20.2 Å². The highest BCUT2D eigenvalue weighted by Crippen LogP contribution is 2.18. The molecule has 2 aromatic rings. The summed E-state index contributed by atoms with van der Waals surface area (Å²) in [7, 11) is 1.79. The fourth-order valence-electron chi connectivity index (χ4n) is 1.83. The van der Waals surface area contributed by atoms with Gasteiger partial charge in [0.15, 0.2) is 11.5 Å². The monoisotopic (exact) mass is 278 g/mol. The van der Waals surface area contributed by atoms with E-state index in [2.05, 4.69) is 30.6 Å². The molecule has 7 heteroatoms. The minimum absolute atomic E-state index is 0.299. The van der Waals surface area contributed by atoms with Crippen LogP contribution in [-0.4, -0.2) is 46.2 Å².